The van der Waals surface area contributed by atoms with Gasteiger partial charge in [-0.1, -0.05) is 116 Å². The van der Waals surface area contributed by atoms with Crippen molar-refractivity contribution in [3.8, 4) is 17.1 Å². The van der Waals surface area contributed by atoms with Crippen LogP contribution in [0.3, 0.4) is 0 Å². The minimum absolute atomic E-state index is 0.0853. The van der Waals surface area contributed by atoms with E-state index in [-0.39, 0.29) is 61.3 Å². The molecule has 4 aromatic rings. The van der Waals surface area contributed by atoms with E-state index in [1.165, 1.54) is 30.3 Å². The van der Waals surface area contributed by atoms with Gasteiger partial charge in [-0.15, -0.1) is 0 Å². The zero-order chi connectivity index (χ0) is 51.5. The van der Waals surface area contributed by atoms with Crippen LogP contribution in [0.25, 0.3) is 22.1 Å². The normalized spacial score (nSPS) is 12.1. The Morgan fingerprint density at radius 3 is 2.06 bits per heavy atom. The highest BCUT2D eigenvalue weighted by atomic mass is 16.7. The molecule has 1 heterocycles. The zero-order valence-corrected chi connectivity index (χ0v) is 41.4. The SMILES string of the molecule is CCCCC[C@@H](C(=O)NCNC(=O)c1ccc(-c2ccc(C(=O)N[C@@H](CC(=O)OCCCC)C(=O)OCCCC)c(OCC(=O)OCCCC)c2)o1)[C@@H](CC)N(C=O)OC(=O)c1cccc2ccccc12. The number of benzene rings is 3. The number of nitrogens with one attached hydrogen (secondary N) is 3. The number of rotatable bonds is 32. The van der Waals surface area contributed by atoms with Gasteiger partial charge >= 0.3 is 23.9 Å². The standard InChI is InChI=1S/C53H68N4O14/c1-6-11-15-22-40(43(10-5)57(35-58)71-52(64)39-23-18-20-36-19-16-17-21-38(36)39)49(61)54-34-55-51(63)45-27-26-44(70-45)37-24-25-41(46(31-37)69-33-48(60)67-29-13-8-3)50(62)56-42(53(65)68-30-14-9-4)32-47(59)66-28-12-7-2/h16-21,23-27,31,35,40,42-43H,6-15,22,28-30,32-34H2,1-5H3,(H,54,61)(H,55,63)(H,56,62)/t40-,42+,43-/m1/s1. The summed E-state index contributed by atoms with van der Waals surface area (Å²) in [5.41, 5.74) is 0.498. The maximum atomic E-state index is 13.8. The Bertz CT molecular complexity index is 2390. The van der Waals surface area contributed by atoms with E-state index in [1.807, 2.05) is 45.9 Å². The molecule has 0 aliphatic rings. The van der Waals surface area contributed by atoms with Gasteiger partial charge < -0.3 is 44.2 Å². The highest BCUT2D eigenvalue weighted by Crippen LogP contribution is 2.30. The largest absolute Gasteiger partial charge is 0.481 e. The van der Waals surface area contributed by atoms with Crippen molar-refractivity contribution in [2.75, 3.05) is 33.1 Å². The van der Waals surface area contributed by atoms with E-state index in [4.69, 9.17) is 28.2 Å². The average Bonchev–Trinajstić information content (AvgIpc) is 3.88. The number of nitrogens with zero attached hydrogens (tertiary/aromatic N) is 1. The third kappa shape index (κ3) is 17.6. The molecule has 4 rings (SSSR count). The molecule has 0 saturated heterocycles. The monoisotopic (exact) mass is 984 g/mol. The lowest BCUT2D eigenvalue weighted by atomic mass is 9.90. The molecule has 0 radical (unpaired) electrons. The van der Waals surface area contributed by atoms with Gasteiger partial charge in [0.15, 0.2) is 12.4 Å². The molecule has 0 spiro atoms. The summed E-state index contributed by atoms with van der Waals surface area (Å²) in [6.45, 7) is 9.11. The Labute approximate surface area is 414 Å². The molecule has 4 amide bonds. The summed E-state index contributed by atoms with van der Waals surface area (Å²) < 4.78 is 27.5. The quantitative estimate of drug-likeness (QED) is 0.0105. The summed E-state index contributed by atoms with van der Waals surface area (Å²) in [7, 11) is 0. The third-order valence-electron chi connectivity index (χ3n) is 11.4. The first kappa shape index (κ1) is 56.3. The van der Waals surface area contributed by atoms with E-state index < -0.39 is 72.6 Å². The molecule has 0 aliphatic heterocycles. The van der Waals surface area contributed by atoms with Gasteiger partial charge in [-0.3, -0.25) is 24.0 Å². The summed E-state index contributed by atoms with van der Waals surface area (Å²) in [5.74, 6) is -5.80. The van der Waals surface area contributed by atoms with Crippen LogP contribution in [-0.2, 0) is 43.0 Å². The molecule has 0 saturated carbocycles. The lowest BCUT2D eigenvalue weighted by molar-refractivity contribution is -0.171. The van der Waals surface area contributed by atoms with Crippen LogP contribution in [0, 0.1) is 5.92 Å². The van der Waals surface area contributed by atoms with Crippen molar-refractivity contribution in [1.29, 1.82) is 0 Å². The predicted octanol–water partition coefficient (Wildman–Crippen LogP) is 8.01. The Morgan fingerprint density at radius 2 is 1.37 bits per heavy atom. The molecule has 0 bridgehead atoms. The topological polar surface area (TPSA) is 235 Å². The van der Waals surface area contributed by atoms with Gasteiger partial charge in [0.1, 0.15) is 17.6 Å². The number of furan rings is 1. The number of fused-ring (bicyclic) bond motifs is 1. The minimum Gasteiger partial charge on any atom is -0.481 e. The first-order chi connectivity index (χ1) is 34.4. The average molecular weight is 985 g/mol. The van der Waals surface area contributed by atoms with E-state index in [9.17, 15) is 38.4 Å². The molecule has 1 aromatic heterocycles. The lowest BCUT2D eigenvalue weighted by Gasteiger charge is -2.32. The van der Waals surface area contributed by atoms with Crippen LogP contribution in [0.5, 0.6) is 5.75 Å². The number of carbonyl (C=O) groups excluding carboxylic acids is 8. The second-order valence-corrected chi connectivity index (χ2v) is 16.7. The zero-order valence-electron chi connectivity index (χ0n) is 41.4. The lowest BCUT2D eigenvalue weighted by Crippen LogP contribution is -2.49. The van der Waals surface area contributed by atoms with Crippen molar-refractivity contribution in [3.63, 3.8) is 0 Å². The predicted molar refractivity (Wildman–Crippen MR) is 263 cm³/mol. The van der Waals surface area contributed by atoms with E-state index >= 15 is 0 Å². The highest BCUT2D eigenvalue weighted by molar-refractivity contribution is 6.04. The van der Waals surface area contributed by atoms with Crippen LogP contribution in [0.2, 0.25) is 0 Å². The molecule has 18 heteroatoms. The number of amides is 4. The Morgan fingerprint density at radius 1 is 0.690 bits per heavy atom. The number of ether oxygens (including phenoxy) is 4. The van der Waals surface area contributed by atoms with Gasteiger partial charge in [-0.25, -0.2) is 14.4 Å². The van der Waals surface area contributed by atoms with Crippen molar-refractivity contribution >= 4 is 58.8 Å². The number of carbonyl (C=O) groups is 8. The van der Waals surface area contributed by atoms with E-state index in [1.54, 1.807) is 31.2 Å². The molecule has 384 valence electrons. The fourth-order valence-electron chi connectivity index (χ4n) is 7.41. The maximum Gasteiger partial charge on any atom is 0.363 e. The van der Waals surface area contributed by atoms with E-state index in [0.717, 1.165) is 42.6 Å². The fraction of sp³-hybridized carbons (Fsp3) is 0.472. The first-order valence-electron chi connectivity index (χ1n) is 24.5. The molecule has 0 fully saturated rings. The van der Waals surface area contributed by atoms with Crippen molar-refractivity contribution < 1.29 is 66.6 Å². The molecule has 71 heavy (non-hydrogen) atoms. The van der Waals surface area contributed by atoms with Crippen LogP contribution < -0.4 is 20.7 Å². The van der Waals surface area contributed by atoms with Gasteiger partial charge in [0, 0.05) is 5.56 Å². The summed E-state index contributed by atoms with van der Waals surface area (Å²) >= 11 is 0. The molecular weight excluding hydrogens is 917 g/mol. The Balaban J connectivity index is 1.49. The van der Waals surface area contributed by atoms with Crippen LogP contribution in [0.4, 0.5) is 0 Å². The van der Waals surface area contributed by atoms with Gasteiger partial charge in [0.05, 0.1) is 56.0 Å². The van der Waals surface area contributed by atoms with E-state index in [2.05, 4.69) is 16.0 Å². The number of hydrogen-bond donors (Lipinski definition) is 3. The van der Waals surface area contributed by atoms with Crippen molar-refractivity contribution in [2.45, 2.75) is 124 Å². The molecule has 3 N–H and O–H groups in total. The number of hydroxylamine groups is 2. The maximum absolute atomic E-state index is 13.8. The number of esters is 3. The van der Waals surface area contributed by atoms with Gasteiger partial charge in [-0.05, 0) is 73.2 Å². The molecule has 3 atom stereocenters. The molecule has 3 aromatic carbocycles. The number of unbranched alkanes of at least 4 members (excludes halogenated alkanes) is 5. The van der Waals surface area contributed by atoms with Crippen LogP contribution >= 0.6 is 0 Å². The van der Waals surface area contributed by atoms with Gasteiger partial charge in [0.2, 0.25) is 12.3 Å². The summed E-state index contributed by atoms with van der Waals surface area (Å²) in [6, 6.07) is 17.4. The summed E-state index contributed by atoms with van der Waals surface area (Å²) in [5, 5.41) is 10.3. The van der Waals surface area contributed by atoms with Gasteiger partial charge in [0.25, 0.3) is 11.8 Å². The van der Waals surface area contributed by atoms with Crippen molar-refractivity contribution in [2.24, 2.45) is 5.92 Å². The summed E-state index contributed by atoms with van der Waals surface area (Å²) in [6.07, 6.45) is 7.06. The van der Waals surface area contributed by atoms with Crippen LogP contribution in [0.15, 0.2) is 77.2 Å². The van der Waals surface area contributed by atoms with Crippen molar-refractivity contribution in [1.82, 2.24) is 21.0 Å². The smallest absolute Gasteiger partial charge is 0.363 e. The van der Waals surface area contributed by atoms with Crippen molar-refractivity contribution in [3.05, 3.63) is 89.7 Å². The van der Waals surface area contributed by atoms with Crippen LogP contribution in [0.1, 0.15) is 143 Å². The summed E-state index contributed by atoms with van der Waals surface area (Å²) in [4.78, 5) is 111. The molecule has 0 aliphatic carbocycles. The fourth-order valence-corrected chi connectivity index (χ4v) is 7.41. The van der Waals surface area contributed by atoms with Crippen LogP contribution in [-0.4, -0.2) is 98.3 Å². The first-order valence-corrected chi connectivity index (χ1v) is 24.5. The van der Waals surface area contributed by atoms with E-state index in [0.29, 0.717) is 49.5 Å². The molecule has 18 nitrogen and oxygen atoms in total. The second-order valence-electron chi connectivity index (χ2n) is 16.7. The number of hydrogen-bond acceptors (Lipinski definition) is 14. The van der Waals surface area contributed by atoms with Gasteiger partial charge in [-0.2, -0.15) is 5.06 Å². The molecule has 0 unspecified atom stereocenters. The highest BCUT2D eigenvalue weighted by Gasteiger charge is 2.34. The second kappa shape index (κ2) is 30.4. The third-order valence-corrected chi connectivity index (χ3v) is 11.4. The Kier molecular flexibility index (Phi) is 24.1. The molecular formula is C53H68N4O14. The minimum atomic E-state index is -1.40. The Hall–Kier alpha value is -7.24.